The van der Waals surface area contributed by atoms with Crippen molar-refractivity contribution in [3.63, 3.8) is 0 Å². The third-order valence-electron chi connectivity index (χ3n) is 7.11. The maximum absolute atomic E-state index is 5.70. The SMILES string of the molecule is c1nc2nc(N3CC[C@@]4(CCOC4)C3)cc(N3CC[C@]4(CCOC4)C3)n2n1. The van der Waals surface area contributed by atoms with Crippen molar-refractivity contribution >= 4 is 17.4 Å². The number of hydrogen-bond acceptors (Lipinski definition) is 7. The molecule has 0 bridgehead atoms. The molecule has 2 aromatic rings. The molecule has 8 nitrogen and oxygen atoms in total. The Kier molecular flexibility index (Phi) is 3.44. The predicted octanol–water partition coefficient (Wildman–Crippen LogP) is 1.36. The van der Waals surface area contributed by atoms with Gasteiger partial charge < -0.3 is 19.3 Å². The largest absolute Gasteiger partial charge is 0.381 e. The summed E-state index contributed by atoms with van der Waals surface area (Å²) in [5.41, 5.74) is 0.635. The van der Waals surface area contributed by atoms with Gasteiger partial charge in [-0.2, -0.15) is 19.6 Å². The summed E-state index contributed by atoms with van der Waals surface area (Å²) in [5.74, 6) is 2.83. The zero-order valence-corrected chi connectivity index (χ0v) is 15.6. The summed E-state index contributed by atoms with van der Waals surface area (Å²) in [6.45, 7) is 7.71. The van der Waals surface area contributed by atoms with Gasteiger partial charge in [-0.05, 0) is 25.7 Å². The average molecular weight is 370 g/mol. The van der Waals surface area contributed by atoms with Crippen molar-refractivity contribution in [1.29, 1.82) is 0 Å². The van der Waals surface area contributed by atoms with Gasteiger partial charge in [0.1, 0.15) is 18.0 Å². The first kappa shape index (κ1) is 16.1. The van der Waals surface area contributed by atoms with E-state index in [0.29, 0.717) is 16.6 Å². The number of ether oxygens (including phenoxy) is 2. The molecule has 0 radical (unpaired) electrons. The van der Waals surface area contributed by atoms with E-state index in [4.69, 9.17) is 14.5 Å². The lowest BCUT2D eigenvalue weighted by Crippen LogP contribution is -2.30. The van der Waals surface area contributed by atoms with E-state index >= 15 is 0 Å². The minimum Gasteiger partial charge on any atom is -0.381 e. The van der Waals surface area contributed by atoms with E-state index in [1.54, 1.807) is 6.33 Å². The molecule has 4 saturated heterocycles. The lowest BCUT2D eigenvalue weighted by Gasteiger charge is -2.26. The molecule has 2 atom stereocenters. The number of hydrogen-bond donors (Lipinski definition) is 0. The lowest BCUT2D eigenvalue weighted by molar-refractivity contribution is 0.160. The Labute approximate surface area is 158 Å². The van der Waals surface area contributed by atoms with Gasteiger partial charge in [0, 0.05) is 56.3 Å². The summed E-state index contributed by atoms with van der Waals surface area (Å²) in [7, 11) is 0. The van der Waals surface area contributed by atoms with E-state index in [1.165, 1.54) is 12.8 Å². The molecule has 0 saturated carbocycles. The zero-order chi connectivity index (χ0) is 17.9. The number of anilines is 2. The van der Waals surface area contributed by atoms with Crippen LogP contribution < -0.4 is 9.80 Å². The molecule has 4 fully saturated rings. The van der Waals surface area contributed by atoms with Crippen LogP contribution in [0, 0.1) is 10.8 Å². The summed E-state index contributed by atoms with van der Waals surface area (Å²) >= 11 is 0. The average Bonchev–Trinajstić information content (AvgIpc) is 3.49. The molecule has 0 amide bonds. The topological polar surface area (TPSA) is 68.0 Å². The monoisotopic (exact) mass is 370 g/mol. The molecule has 27 heavy (non-hydrogen) atoms. The van der Waals surface area contributed by atoms with Gasteiger partial charge in [-0.25, -0.2) is 0 Å². The normalized spacial score (nSPS) is 33.5. The van der Waals surface area contributed by atoms with Crippen molar-refractivity contribution in [3.05, 3.63) is 12.4 Å². The van der Waals surface area contributed by atoms with Gasteiger partial charge in [0.05, 0.1) is 13.2 Å². The van der Waals surface area contributed by atoms with E-state index < -0.39 is 0 Å². The van der Waals surface area contributed by atoms with Gasteiger partial charge in [-0.15, -0.1) is 0 Å². The first-order valence-electron chi connectivity index (χ1n) is 10.1. The highest BCUT2D eigenvalue weighted by atomic mass is 16.5. The van der Waals surface area contributed by atoms with E-state index in [9.17, 15) is 0 Å². The Morgan fingerprint density at radius 3 is 2.30 bits per heavy atom. The second-order valence-corrected chi connectivity index (χ2v) is 8.89. The molecule has 4 aliphatic rings. The van der Waals surface area contributed by atoms with Crippen molar-refractivity contribution in [2.45, 2.75) is 25.7 Å². The van der Waals surface area contributed by atoms with Crippen LogP contribution in [0.15, 0.2) is 12.4 Å². The smallest absolute Gasteiger partial charge is 0.256 e. The van der Waals surface area contributed by atoms with E-state index in [0.717, 1.165) is 77.1 Å². The first-order chi connectivity index (χ1) is 13.2. The molecule has 6 rings (SSSR count). The highest BCUT2D eigenvalue weighted by Gasteiger charge is 2.43. The van der Waals surface area contributed by atoms with Crippen molar-refractivity contribution in [2.75, 3.05) is 62.4 Å². The molecule has 0 N–H and O–H groups in total. The number of fused-ring (bicyclic) bond motifs is 1. The van der Waals surface area contributed by atoms with Crippen LogP contribution in [-0.2, 0) is 9.47 Å². The third kappa shape index (κ3) is 2.53. The number of rotatable bonds is 2. The fraction of sp³-hybridized carbons (Fsp3) is 0.737. The summed E-state index contributed by atoms with van der Waals surface area (Å²) < 4.78 is 13.3. The Balaban J connectivity index is 1.33. The number of nitrogens with zero attached hydrogens (tertiary/aromatic N) is 6. The fourth-order valence-electron chi connectivity index (χ4n) is 5.38. The first-order valence-corrected chi connectivity index (χ1v) is 10.1. The highest BCUT2D eigenvalue weighted by molar-refractivity contribution is 5.58. The maximum Gasteiger partial charge on any atom is 0.256 e. The second-order valence-electron chi connectivity index (χ2n) is 8.89. The highest BCUT2D eigenvalue weighted by Crippen LogP contribution is 2.42. The zero-order valence-electron chi connectivity index (χ0n) is 15.6. The van der Waals surface area contributed by atoms with Crippen LogP contribution in [0.1, 0.15) is 25.7 Å². The van der Waals surface area contributed by atoms with Gasteiger partial charge in [0.25, 0.3) is 5.78 Å². The molecule has 8 heteroatoms. The minimum atomic E-state index is 0.315. The third-order valence-corrected chi connectivity index (χ3v) is 7.11. The van der Waals surface area contributed by atoms with Crippen LogP contribution in [0.25, 0.3) is 5.78 Å². The van der Waals surface area contributed by atoms with Crippen LogP contribution in [-0.4, -0.2) is 72.2 Å². The van der Waals surface area contributed by atoms with E-state index in [-0.39, 0.29) is 0 Å². The van der Waals surface area contributed by atoms with Gasteiger partial charge in [-0.1, -0.05) is 0 Å². The predicted molar refractivity (Wildman–Crippen MR) is 100 cm³/mol. The van der Waals surface area contributed by atoms with Crippen LogP contribution in [0.2, 0.25) is 0 Å². The fourth-order valence-corrected chi connectivity index (χ4v) is 5.38. The Morgan fingerprint density at radius 1 is 0.889 bits per heavy atom. The second kappa shape index (κ2) is 5.78. The van der Waals surface area contributed by atoms with Gasteiger partial charge in [0.15, 0.2) is 0 Å². The molecule has 4 aliphatic heterocycles. The summed E-state index contributed by atoms with van der Waals surface area (Å²) in [6.07, 6.45) is 6.31. The van der Waals surface area contributed by atoms with E-state index in [1.807, 2.05) is 4.52 Å². The molecule has 2 spiro atoms. The Morgan fingerprint density at radius 2 is 1.59 bits per heavy atom. The van der Waals surface area contributed by atoms with Crippen molar-refractivity contribution in [1.82, 2.24) is 19.6 Å². The van der Waals surface area contributed by atoms with Gasteiger partial charge >= 0.3 is 0 Å². The molecule has 144 valence electrons. The Hall–Kier alpha value is -1.93. The summed E-state index contributed by atoms with van der Waals surface area (Å²) in [5, 5.41) is 4.45. The van der Waals surface area contributed by atoms with E-state index in [2.05, 4.69) is 25.9 Å². The number of aromatic nitrogens is 4. The van der Waals surface area contributed by atoms with Crippen molar-refractivity contribution in [2.24, 2.45) is 10.8 Å². The molecular formula is C19H26N6O2. The molecule has 0 aromatic carbocycles. The molecule has 0 unspecified atom stereocenters. The van der Waals surface area contributed by atoms with Crippen LogP contribution in [0.3, 0.4) is 0 Å². The summed E-state index contributed by atoms with van der Waals surface area (Å²) in [6, 6.07) is 2.21. The van der Waals surface area contributed by atoms with Crippen LogP contribution in [0.4, 0.5) is 11.6 Å². The van der Waals surface area contributed by atoms with Gasteiger partial charge in [0.2, 0.25) is 0 Å². The quantitative estimate of drug-likeness (QED) is 0.791. The summed E-state index contributed by atoms with van der Waals surface area (Å²) in [4.78, 5) is 14.1. The lowest BCUT2D eigenvalue weighted by atomic mass is 9.87. The van der Waals surface area contributed by atoms with Crippen molar-refractivity contribution in [3.8, 4) is 0 Å². The minimum absolute atomic E-state index is 0.315. The molecule has 0 aliphatic carbocycles. The standard InChI is InChI=1S/C19H26N6O2/c1-5-23(10-18(1)3-7-26-12-18)15-9-16(25-17(22-15)20-14-21-25)24-6-2-19(11-24)4-8-27-13-19/h9,14H,1-8,10-13H2/t18-,19+/m1/s1. The van der Waals surface area contributed by atoms with Crippen molar-refractivity contribution < 1.29 is 9.47 Å². The molecule has 6 heterocycles. The Bertz CT molecular complexity index is 855. The molecule has 2 aromatic heterocycles. The van der Waals surface area contributed by atoms with Crippen LogP contribution in [0.5, 0.6) is 0 Å². The van der Waals surface area contributed by atoms with Crippen LogP contribution >= 0.6 is 0 Å². The maximum atomic E-state index is 5.70. The van der Waals surface area contributed by atoms with Gasteiger partial charge in [-0.3, -0.25) is 0 Å². The molecular weight excluding hydrogens is 344 g/mol.